The minimum atomic E-state index is -0.437. The first-order chi connectivity index (χ1) is 15.5. The SMILES string of the molecule is CSc1ccc(CNC(=O)Cn2nc3c(Oc4cccc(C)c4C)nccn3c2=O)cc1. The minimum absolute atomic E-state index is 0.200. The largest absolute Gasteiger partial charge is 0.436 e. The van der Waals surface area contributed by atoms with Gasteiger partial charge in [-0.3, -0.25) is 4.79 Å². The third-order valence-electron chi connectivity index (χ3n) is 5.17. The number of nitrogens with zero attached hydrogens (tertiary/aromatic N) is 4. The van der Waals surface area contributed by atoms with Gasteiger partial charge >= 0.3 is 5.69 Å². The Morgan fingerprint density at radius 2 is 1.94 bits per heavy atom. The molecular formula is C23H23N5O3S. The lowest BCUT2D eigenvalue weighted by atomic mass is 10.1. The van der Waals surface area contributed by atoms with Gasteiger partial charge in [0.25, 0.3) is 5.88 Å². The van der Waals surface area contributed by atoms with E-state index in [0.29, 0.717) is 12.3 Å². The van der Waals surface area contributed by atoms with Crippen molar-refractivity contribution in [1.82, 2.24) is 24.5 Å². The molecule has 164 valence electrons. The van der Waals surface area contributed by atoms with E-state index >= 15 is 0 Å². The zero-order valence-electron chi connectivity index (χ0n) is 18.0. The van der Waals surface area contributed by atoms with Crippen LogP contribution in [-0.4, -0.2) is 31.3 Å². The number of benzene rings is 2. The molecule has 0 spiro atoms. The van der Waals surface area contributed by atoms with Gasteiger partial charge in [-0.05, 0) is 55.0 Å². The highest BCUT2D eigenvalue weighted by atomic mass is 32.2. The van der Waals surface area contributed by atoms with Crippen LogP contribution in [0.3, 0.4) is 0 Å². The van der Waals surface area contributed by atoms with E-state index in [-0.39, 0.29) is 24.0 Å². The van der Waals surface area contributed by atoms with Gasteiger partial charge in [-0.1, -0.05) is 24.3 Å². The highest BCUT2D eigenvalue weighted by Crippen LogP contribution is 2.27. The molecular weight excluding hydrogens is 426 g/mol. The summed E-state index contributed by atoms with van der Waals surface area (Å²) in [7, 11) is 0. The topological polar surface area (TPSA) is 90.5 Å². The predicted octanol–water partition coefficient (Wildman–Crippen LogP) is 3.34. The molecule has 32 heavy (non-hydrogen) atoms. The standard InChI is InChI=1S/C23H23N5O3S/c1-15-5-4-6-19(16(15)2)31-22-21-26-28(23(30)27(21)12-11-24-22)14-20(29)25-13-17-7-9-18(32-3)10-8-17/h4-12H,13-14H2,1-3H3,(H,25,29). The van der Waals surface area contributed by atoms with Crippen molar-refractivity contribution >= 4 is 23.3 Å². The molecule has 0 saturated carbocycles. The van der Waals surface area contributed by atoms with Gasteiger partial charge in [0.05, 0.1) is 0 Å². The molecule has 0 bridgehead atoms. The monoisotopic (exact) mass is 449 g/mol. The Bertz CT molecular complexity index is 1330. The molecule has 0 aliphatic rings. The van der Waals surface area contributed by atoms with Gasteiger partial charge in [0.1, 0.15) is 12.3 Å². The molecule has 0 radical (unpaired) electrons. The summed E-state index contributed by atoms with van der Waals surface area (Å²) in [4.78, 5) is 30.6. The normalized spacial score (nSPS) is 11.0. The molecule has 2 heterocycles. The number of hydrogen-bond acceptors (Lipinski definition) is 6. The summed E-state index contributed by atoms with van der Waals surface area (Å²) in [6, 6.07) is 13.7. The highest BCUT2D eigenvalue weighted by molar-refractivity contribution is 7.98. The Kier molecular flexibility index (Phi) is 6.27. The van der Waals surface area contributed by atoms with Crippen LogP contribution in [0.25, 0.3) is 5.65 Å². The summed E-state index contributed by atoms with van der Waals surface area (Å²) in [6.45, 7) is 4.12. The Morgan fingerprint density at radius 3 is 2.69 bits per heavy atom. The lowest BCUT2D eigenvalue weighted by Gasteiger charge is -2.09. The van der Waals surface area contributed by atoms with Gasteiger partial charge in [0.15, 0.2) is 0 Å². The second kappa shape index (κ2) is 9.27. The second-order valence-corrected chi connectivity index (χ2v) is 8.17. The van der Waals surface area contributed by atoms with Crippen molar-refractivity contribution in [3.8, 4) is 11.6 Å². The van der Waals surface area contributed by atoms with Crippen molar-refractivity contribution in [2.24, 2.45) is 0 Å². The van der Waals surface area contributed by atoms with Crippen LogP contribution in [-0.2, 0) is 17.9 Å². The molecule has 2 aromatic carbocycles. The van der Waals surface area contributed by atoms with Crippen LogP contribution < -0.4 is 15.7 Å². The molecule has 0 saturated heterocycles. The van der Waals surface area contributed by atoms with Gasteiger partial charge < -0.3 is 10.1 Å². The minimum Gasteiger partial charge on any atom is -0.436 e. The summed E-state index contributed by atoms with van der Waals surface area (Å²) in [5.74, 6) is 0.526. The number of aryl methyl sites for hydroxylation is 1. The first-order valence-electron chi connectivity index (χ1n) is 10.0. The maximum atomic E-state index is 12.7. The molecule has 9 heteroatoms. The summed E-state index contributed by atoms with van der Waals surface area (Å²) in [6.07, 6.45) is 4.99. The van der Waals surface area contributed by atoms with Crippen molar-refractivity contribution < 1.29 is 9.53 Å². The number of carbonyl (C=O) groups is 1. The lowest BCUT2D eigenvalue weighted by Crippen LogP contribution is -2.32. The Hall–Kier alpha value is -3.59. The maximum Gasteiger partial charge on any atom is 0.351 e. The van der Waals surface area contributed by atoms with E-state index in [1.165, 1.54) is 16.8 Å². The zero-order valence-corrected chi connectivity index (χ0v) is 18.8. The fourth-order valence-electron chi connectivity index (χ4n) is 3.18. The average Bonchev–Trinajstić information content (AvgIpc) is 3.12. The van der Waals surface area contributed by atoms with Crippen molar-refractivity contribution in [3.05, 3.63) is 82.0 Å². The number of amides is 1. The van der Waals surface area contributed by atoms with E-state index in [1.807, 2.05) is 62.6 Å². The smallest absolute Gasteiger partial charge is 0.351 e. The Balaban J connectivity index is 1.51. The number of hydrogen-bond donors (Lipinski definition) is 1. The van der Waals surface area contributed by atoms with E-state index in [0.717, 1.165) is 26.3 Å². The van der Waals surface area contributed by atoms with E-state index < -0.39 is 5.69 Å². The van der Waals surface area contributed by atoms with Crippen LogP contribution in [0.1, 0.15) is 16.7 Å². The van der Waals surface area contributed by atoms with Crippen LogP contribution in [0.4, 0.5) is 0 Å². The van der Waals surface area contributed by atoms with Gasteiger partial charge in [-0.2, -0.15) is 0 Å². The Morgan fingerprint density at radius 1 is 1.16 bits per heavy atom. The third-order valence-corrected chi connectivity index (χ3v) is 5.92. The first-order valence-corrected chi connectivity index (χ1v) is 11.3. The molecule has 0 unspecified atom stereocenters. The average molecular weight is 450 g/mol. The highest BCUT2D eigenvalue weighted by Gasteiger charge is 2.16. The number of carbonyl (C=O) groups excluding carboxylic acids is 1. The van der Waals surface area contributed by atoms with Crippen molar-refractivity contribution in [2.75, 3.05) is 6.26 Å². The molecule has 0 atom stereocenters. The van der Waals surface area contributed by atoms with E-state index in [4.69, 9.17) is 4.74 Å². The number of aromatic nitrogens is 4. The number of rotatable bonds is 7. The van der Waals surface area contributed by atoms with Crippen LogP contribution in [0.15, 0.2) is 64.5 Å². The molecule has 2 aromatic heterocycles. The van der Waals surface area contributed by atoms with Crippen molar-refractivity contribution in [1.29, 1.82) is 0 Å². The maximum absolute atomic E-state index is 12.7. The summed E-state index contributed by atoms with van der Waals surface area (Å²) >= 11 is 1.66. The number of fused-ring (bicyclic) bond motifs is 1. The molecule has 1 N–H and O–H groups in total. The van der Waals surface area contributed by atoms with Gasteiger partial charge in [-0.15, -0.1) is 16.9 Å². The third kappa shape index (κ3) is 4.52. The molecule has 4 rings (SSSR count). The zero-order chi connectivity index (χ0) is 22.7. The fraction of sp³-hybridized carbons (Fsp3) is 0.217. The van der Waals surface area contributed by atoms with Crippen LogP contribution >= 0.6 is 11.8 Å². The molecule has 8 nitrogen and oxygen atoms in total. The van der Waals surface area contributed by atoms with E-state index in [9.17, 15) is 9.59 Å². The first kappa shape index (κ1) is 21.6. The predicted molar refractivity (Wildman–Crippen MR) is 123 cm³/mol. The van der Waals surface area contributed by atoms with E-state index in [2.05, 4.69) is 15.4 Å². The number of thioether (sulfide) groups is 1. The molecule has 4 aromatic rings. The molecule has 0 aliphatic heterocycles. The molecule has 0 aliphatic carbocycles. The summed E-state index contributed by atoms with van der Waals surface area (Å²) in [5, 5.41) is 7.12. The Labute approximate surface area is 189 Å². The van der Waals surface area contributed by atoms with Crippen LogP contribution in [0.2, 0.25) is 0 Å². The van der Waals surface area contributed by atoms with Crippen LogP contribution in [0.5, 0.6) is 11.6 Å². The van der Waals surface area contributed by atoms with Crippen LogP contribution in [0, 0.1) is 13.8 Å². The molecule has 0 fully saturated rings. The number of ether oxygens (including phenoxy) is 1. The number of nitrogens with one attached hydrogen (secondary N) is 1. The van der Waals surface area contributed by atoms with Crippen molar-refractivity contribution in [2.45, 2.75) is 31.8 Å². The summed E-state index contributed by atoms with van der Waals surface area (Å²) < 4.78 is 8.38. The van der Waals surface area contributed by atoms with Gasteiger partial charge in [0, 0.05) is 23.8 Å². The summed E-state index contributed by atoms with van der Waals surface area (Å²) in [5.41, 5.74) is 2.85. The second-order valence-electron chi connectivity index (χ2n) is 7.29. The van der Waals surface area contributed by atoms with Crippen molar-refractivity contribution in [3.63, 3.8) is 0 Å². The lowest BCUT2D eigenvalue weighted by molar-refractivity contribution is -0.122. The molecule has 1 amide bonds. The van der Waals surface area contributed by atoms with E-state index in [1.54, 1.807) is 11.8 Å². The fourth-order valence-corrected chi connectivity index (χ4v) is 3.58. The quantitative estimate of drug-likeness (QED) is 0.435. The van der Waals surface area contributed by atoms with Gasteiger partial charge in [0.2, 0.25) is 11.6 Å². The van der Waals surface area contributed by atoms with Gasteiger partial charge in [-0.25, -0.2) is 18.9 Å².